The molecule has 8 heteroatoms. The maximum Gasteiger partial charge on any atom is 0.331 e. The summed E-state index contributed by atoms with van der Waals surface area (Å²) in [6.07, 6.45) is 1.69. The van der Waals surface area contributed by atoms with Gasteiger partial charge in [-0.3, -0.25) is 19.8 Å². The van der Waals surface area contributed by atoms with Crippen LogP contribution in [-0.2, 0) is 20.9 Å². The second kappa shape index (κ2) is 8.11. The van der Waals surface area contributed by atoms with Gasteiger partial charge in [-0.2, -0.15) is 0 Å². The molecule has 8 nitrogen and oxygen atoms in total. The Balaban J connectivity index is 1.77. The Hall–Kier alpha value is -2.71. The van der Waals surface area contributed by atoms with Crippen molar-refractivity contribution in [1.82, 2.24) is 20.7 Å². The highest BCUT2D eigenvalue weighted by molar-refractivity contribution is 6.17. The minimum Gasteiger partial charge on any atom is -0.379 e. The van der Waals surface area contributed by atoms with Crippen LogP contribution in [0.15, 0.2) is 42.1 Å². The third-order valence-electron chi connectivity index (χ3n) is 4.35. The van der Waals surface area contributed by atoms with Gasteiger partial charge in [-0.1, -0.05) is 36.4 Å². The van der Waals surface area contributed by atoms with E-state index in [4.69, 9.17) is 4.74 Å². The molecule has 1 aromatic rings. The molecule has 0 spiro atoms. The minimum absolute atomic E-state index is 0.115. The van der Waals surface area contributed by atoms with Gasteiger partial charge in [0.15, 0.2) is 5.92 Å². The zero-order valence-corrected chi connectivity index (χ0v) is 14.6. The van der Waals surface area contributed by atoms with Crippen LogP contribution in [0, 0.1) is 5.92 Å². The van der Waals surface area contributed by atoms with Gasteiger partial charge in [0.1, 0.15) is 0 Å². The Kier molecular flexibility index (Phi) is 5.65. The molecule has 0 bridgehead atoms. The lowest BCUT2D eigenvalue weighted by atomic mass is 10.00. The number of allylic oxidation sites excluding steroid dienone is 1. The van der Waals surface area contributed by atoms with Crippen molar-refractivity contribution >= 4 is 17.8 Å². The summed E-state index contributed by atoms with van der Waals surface area (Å²) in [4.78, 5) is 38.5. The molecule has 4 amide bonds. The number of carbonyl (C=O) groups excluding carboxylic acids is 3. The molecule has 2 N–H and O–H groups in total. The van der Waals surface area contributed by atoms with Crippen molar-refractivity contribution in [1.29, 1.82) is 0 Å². The number of nitrogens with one attached hydrogen (secondary N) is 2. The molecule has 0 saturated carbocycles. The Morgan fingerprint density at radius 2 is 1.92 bits per heavy atom. The summed E-state index contributed by atoms with van der Waals surface area (Å²) in [5, 5.41) is 4.19. The number of rotatable bonds is 5. The quantitative estimate of drug-likeness (QED) is 0.750. The Bertz CT molecular complexity index is 713. The van der Waals surface area contributed by atoms with Crippen molar-refractivity contribution in [3.05, 3.63) is 47.7 Å². The number of hydrogen-bond donors (Lipinski definition) is 2. The highest BCUT2D eigenvalue weighted by Crippen LogP contribution is 2.20. The summed E-state index contributed by atoms with van der Waals surface area (Å²) in [6, 6.07) is 8.49. The van der Waals surface area contributed by atoms with E-state index in [1.54, 1.807) is 13.0 Å². The van der Waals surface area contributed by atoms with E-state index in [1.807, 2.05) is 35.3 Å². The van der Waals surface area contributed by atoms with Crippen molar-refractivity contribution in [2.24, 2.45) is 5.92 Å². The van der Waals surface area contributed by atoms with Crippen LogP contribution >= 0.6 is 0 Å². The predicted molar refractivity (Wildman–Crippen MR) is 93.3 cm³/mol. The highest BCUT2D eigenvalue weighted by Gasteiger charge is 2.42. The van der Waals surface area contributed by atoms with Crippen LogP contribution in [0.2, 0.25) is 0 Å². The van der Waals surface area contributed by atoms with Gasteiger partial charge < -0.3 is 10.2 Å². The summed E-state index contributed by atoms with van der Waals surface area (Å²) in [7, 11) is 0. The number of amides is 4. The van der Waals surface area contributed by atoms with Crippen molar-refractivity contribution in [2.45, 2.75) is 13.5 Å². The molecule has 3 rings (SSSR count). The molecule has 2 saturated heterocycles. The van der Waals surface area contributed by atoms with Crippen LogP contribution < -0.4 is 10.7 Å². The molecular weight excluding hydrogens is 336 g/mol. The molecule has 1 aromatic carbocycles. The third-order valence-corrected chi connectivity index (χ3v) is 4.35. The van der Waals surface area contributed by atoms with Gasteiger partial charge in [0.25, 0.3) is 0 Å². The van der Waals surface area contributed by atoms with Crippen molar-refractivity contribution in [3.63, 3.8) is 0 Å². The zero-order chi connectivity index (χ0) is 18.5. The number of morpholine rings is 1. The molecule has 2 heterocycles. The van der Waals surface area contributed by atoms with Crippen LogP contribution in [0.5, 0.6) is 0 Å². The van der Waals surface area contributed by atoms with Crippen LogP contribution in [0.25, 0.3) is 0 Å². The van der Waals surface area contributed by atoms with Crippen LogP contribution in [0.1, 0.15) is 12.5 Å². The first-order valence-corrected chi connectivity index (χ1v) is 8.56. The lowest BCUT2D eigenvalue weighted by Gasteiger charge is -2.35. The van der Waals surface area contributed by atoms with E-state index in [2.05, 4.69) is 10.7 Å². The smallest absolute Gasteiger partial charge is 0.331 e. The van der Waals surface area contributed by atoms with Gasteiger partial charge >= 0.3 is 6.03 Å². The van der Waals surface area contributed by atoms with Gasteiger partial charge in [0.05, 0.1) is 19.8 Å². The SMILES string of the molecule is C/C=C(/NN1CCOCC1)[C@@H]1C(=O)NC(=O)N(Cc2ccccc2)C1=O. The topological polar surface area (TPSA) is 91.0 Å². The molecule has 138 valence electrons. The fourth-order valence-electron chi connectivity index (χ4n) is 2.96. The van der Waals surface area contributed by atoms with Gasteiger partial charge in [0.2, 0.25) is 11.8 Å². The number of carbonyl (C=O) groups is 3. The first kappa shape index (κ1) is 18.1. The van der Waals surface area contributed by atoms with Crippen molar-refractivity contribution < 1.29 is 19.1 Å². The number of hydrazine groups is 1. The van der Waals surface area contributed by atoms with Gasteiger partial charge in [0, 0.05) is 18.8 Å². The van der Waals surface area contributed by atoms with Gasteiger partial charge in [-0.25, -0.2) is 9.80 Å². The second-order valence-electron chi connectivity index (χ2n) is 6.09. The van der Waals surface area contributed by atoms with Crippen molar-refractivity contribution in [2.75, 3.05) is 26.3 Å². The normalized spacial score (nSPS) is 22.3. The van der Waals surface area contributed by atoms with Crippen LogP contribution in [0.3, 0.4) is 0 Å². The van der Waals surface area contributed by atoms with E-state index >= 15 is 0 Å². The van der Waals surface area contributed by atoms with E-state index in [1.165, 1.54) is 0 Å². The molecule has 0 unspecified atom stereocenters. The molecule has 2 aliphatic rings. The number of nitrogens with zero attached hydrogens (tertiary/aromatic N) is 2. The first-order chi connectivity index (χ1) is 12.6. The summed E-state index contributed by atoms with van der Waals surface area (Å²) in [6.45, 7) is 4.31. The zero-order valence-electron chi connectivity index (χ0n) is 14.6. The third kappa shape index (κ3) is 3.92. The number of hydrogen-bond acceptors (Lipinski definition) is 6. The summed E-state index contributed by atoms with van der Waals surface area (Å²) >= 11 is 0. The van der Waals surface area contributed by atoms with Crippen LogP contribution in [0.4, 0.5) is 4.79 Å². The van der Waals surface area contributed by atoms with Crippen LogP contribution in [-0.4, -0.2) is 54.1 Å². The average molecular weight is 358 g/mol. The van der Waals surface area contributed by atoms with E-state index in [0.29, 0.717) is 32.0 Å². The summed E-state index contributed by atoms with van der Waals surface area (Å²) in [5.41, 5.74) is 4.40. The average Bonchev–Trinajstić information content (AvgIpc) is 2.66. The maximum atomic E-state index is 12.9. The number of benzene rings is 1. The van der Waals surface area contributed by atoms with Gasteiger partial charge in [-0.15, -0.1) is 0 Å². The van der Waals surface area contributed by atoms with E-state index in [9.17, 15) is 14.4 Å². The number of ether oxygens (including phenoxy) is 1. The fourth-order valence-corrected chi connectivity index (χ4v) is 2.96. The molecule has 0 aromatic heterocycles. The summed E-state index contributed by atoms with van der Waals surface area (Å²) < 4.78 is 5.30. The highest BCUT2D eigenvalue weighted by atomic mass is 16.5. The number of urea groups is 1. The fraction of sp³-hybridized carbons (Fsp3) is 0.389. The number of barbiturate groups is 1. The second-order valence-corrected chi connectivity index (χ2v) is 6.09. The Labute approximate surface area is 151 Å². The first-order valence-electron chi connectivity index (χ1n) is 8.56. The van der Waals surface area contributed by atoms with E-state index in [0.717, 1.165) is 10.5 Å². The minimum atomic E-state index is -1.08. The molecule has 0 radical (unpaired) electrons. The number of imide groups is 2. The van der Waals surface area contributed by atoms with E-state index in [-0.39, 0.29) is 6.54 Å². The van der Waals surface area contributed by atoms with E-state index < -0.39 is 23.8 Å². The lowest BCUT2D eigenvalue weighted by molar-refractivity contribution is -0.141. The Morgan fingerprint density at radius 3 is 2.58 bits per heavy atom. The molecule has 26 heavy (non-hydrogen) atoms. The Morgan fingerprint density at radius 1 is 1.23 bits per heavy atom. The molecule has 0 aliphatic carbocycles. The monoisotopic (exact) mass is 358 g/mol. The van der Waals surface area contributed by atoms with Gasteiger partial charge in [-0.05, 0) is 12.5 Å². The molecule has 2 fully saturated rings. The molecular formula is C18H22N4O4. The van der Waals surface area contributed by atoms with Crippen molar-refractivity contribution in [3.8, 4) is 0 Å². The lowest BCUT2D eigenvalue weighted by Crippen LogP contribution is -2.60. The summed E-state index contributed by atoms with van der Waals surface area (Å²) in [5.74, 6) is -2.22. The maximum absolute atomic E-state index is 12.9. The molecule has 2 aliphatic heterocycles. The predicted octanol–water partition coefficient (Wildman–Crippen LogP) is 0.622. The standard InChI is InChI=1S/C18H22N4O4/c1-2-14(20-21-8-10-26-11-9-21)15-16(23)19-18(25)22(17(15)24)12-13-6-4-3-5-7-13/h2-7,15,20H,8-12H2,1H3,(H,19,23,25)/b14-2+/t15-/m1/s1. The largest absolute Gasteiger partial charge is 0.379 e. The molecule has 1 atom stereocenters.